The highest BCUT2D eigenvalue weighted by molar-refractivity contribution is 5.68. The second kappa shape index (κ2) is 20.7. The van der Waals surface area contributed by atoms with Gasteiger partial charge in [0.15, 0.2) is 0 Å². The molecule has 1 unspecified atom stereocenters. The second-order valence-corrected chi connectivity index (χ2v) is 9.65. The summed E-state index contributed by atoms with van der Waals surface area (Å²) in [6.07, 6.45) is 4.05. The van der Waals surface area contributed by atoms with Crippen LogP contribution < -0.4 is 5.32 Å². The first-order valence-corrected chi connectivity index (χ1v) is 11.3. The van der Waals surface area contributed by atoms with E-state index in [-0.39, 0.29) is 12.9 Å². The number of rotatable bonds is 7. The van der Waals surface area contributed by atoms with Gasteiger partial charge in [0.2, 0.25) is 0 Å². The largest absolute Gasteiger partial charge is 0.483 e. The van der Waals surface area contributed by atoms with Crippen molar-refractivity contribution in [2.45, 2.75) is 81.6 Å². The van der Waals surface area contributed by atoms with Crippen LogP contribution in [0.5, 0.6) is 0 Å². The summed E-state index contributed by atoms with van der Waals surface area (Å²) in [5.41, 5.74) is 6.01. The Morgan fingerprint density at radius 3 is 1.81 bits per heavy atom. The lowest BCUT2D eigenvalue weighted by Crippen LogP contribution is -2.19. The number of hydrogen-bond donors (Lipinski definition) is 3. The highest BCUT2D eigenvalue weighted by Crippen LogP contribution is 2.28. The molecule has 5 nitrogen and oxygen atoms in total. The molecule has 0 aliphatic heterocycles. The molecule has 0 bridgehead atoms. The fourth-order valence-electron chi connectivity index (χ4n) is 3.02. The Morgan fingerprint density at radius 1 is 1.00 bits per heavy atom. The van der Waals surface area contributed by atoms with Crippen molar-refractivity contribution in [2.24, 2.45) is 17.3 Å². The number of carbonyl (C=O) groups is 2. The first kappa shape index (κ1) is 34.5. The third kappa shape index (κ3) is 21.1. The van der Waals surface area contributed by atoms with E-state index in [4.69, 9.17) is 19.8 Å². The standard InChI is InChI=1S/C13H29N.C12H16.2CH2O2/c1-11(2)12(8-10-14-6)7-9-13(3,4)5;1-9(2)11(4)12-8-6-5-7-10(12)3;2*2-1-3/h11-12,14H,7-10H2,1-6H3;5-8H,1-4H3;2*1H,(H,2,3). The minimum atomic E-state index is -0.250. The van der Waals surface area contributed by atoms with Crippen molar-refractivity contribution < 1.29 is 19.8 Å². The molecule has 0 fully saturated rings. The van der Waals surface area contributed by atoms with Crippen molar-refractivity contribution in [3.8, 4) is 0 Å². The molecule has 0 aliphatic carbocycles. The lowest BCUT2D eigenvalue weighted by atomic mass is 9.81. The van der Waals surface area contributed by atoms with Crippen LogP contribution in [0.3, 0.4) is 0 Å². The maximum atomic E-state index is 8.36. The summed E-state index contributed by atoms with van der Waals surface area (Å²) in [6, 6.07) is 8.51. The third-order valence-corrected chi connectivity index (χ3v) is 5.27. The molecule has 5 heteroatoms. The molecule has 0 spiro atoms. The summed E-state index contributed by atoms with van der Waals surface area (Å²) < 4.78 is 0. The van der Waals surface area contributed by atoms with Crippen LogP contribution in [0.2, 0.25) is 0 Å². The smallest absolute Gasteiger partial charge is 0.290 e. The molecule has 1 rings (SSSR count). The Hall–Kier alpha value is -2.14. The summed E-state index contributed by atoms with van der Waals surface area (Å²) in [6.45, 7) is 21.0. The van der Waals surface area contributed by atoms with Crippen LogP contribution in [0, 0.1) is 24.2 Å². The molecule has 0 amide bonds. The maximum absolute atomic E-state index is 8.36. The van der Waals surface area contributed by atoms with Crippen LogP contribution >= 0.6 is 0 Å². The van der Waals surface area contributed by atoms with E-state index in [0.717, 1.165) is 18.4 Å². The van der Waals surface area contributed by atoms with Gasteiger partial charge in [0, 0.05) is 0 Å². The monoisotopic (exact) mass is 451 g/mol. The number of benzene rings is 1. The Balaban J connectivity index is -0.000000423. The predicted octanol–water partition coefficient (Wildman–Crippen LogP) is 6.90. The SMILES string of the molecule is CC(C)=C(C)c1ccccc1C.CNCCC(CCC(C)(C)C)C(C)C.O=CO.O=CO. The molecule has 1 aromatic carbocycles. The van der Waals surface area contributed by atoms with Gasteiger partial charge in [0.25, 0.3) is 12.9 Å². The second-order valence-electron chi connectivity index (χ2n) is 9.65. The predicted molar refractivity (Wildman–Crippen MR) is 138 cm³/mol. The summed E-state index contributed by atoms with van der Waals surface area (Å²) in [5, 5.41) is 17.0. The van der Waals surface area contributed by atoms with Gasteiger partial charge in [-0.2, -0.15) is 0 Å². The van der Waals surface area contributed by atoms with Crippen molar-refractivity contribution in [3.05, 3.63) is 41.0 Å². The topological polar surface area (TPSA) is 86.6 Å². The van der Waals surface area contributed by atoms with E-state index in [1.54, 1.807) is 0 Å². The molecule has 0 aromatic heterocycles. The molecule has 0 saturated heterocycles. The zero-order chi connectivity index (χ0) is 25.7. The molecule has 0 radical (unpaired) electrons. The highest BCUT2D eigenvalue weighted by atomic mass is 16.3. The van der Waals surface area contributed by atoms with Gasteiger partial charge in [-0.3, -0.25) is 9.59 Å². The Bertz CT molecular complexity index is 621. The Morgan fingerprint density at radius 2 is 1.47 bits per heavy atom. The first-order valence-electron chi connectivity index (χ1n) is 11.3. The summed E-state index contributed by atoms with van der Waals surface area (Å²) in [7, 11) is 2.04. The normalized spacial score (nSPS) is 10.8. The van der Waals surface area contributed by atoms with Crippen molar-refractivity contribution >= 4 is 18.5 Å². The molecular weight excluding hydrogens is 402 g/mol. The maximum Gasteiger partial charge on any atom is 0.290 e. The van der Waals surface area contributed by atoms with Crippen LogP contribution in [0.1, 0.15) is 85.8 Å². The van der Waals surface area contributed by atoms with Crippen molar-refractivity contribution in [3.63, 3.8) is 0 Å². The molecule has 0 aliphatic rings. The van der Waals surface area contributed by atoms with E-state index in [1.807, 2.05) is 7.05 Å². The van der Waals surface area contributed by atoms with Gasteiger partial charge in [-0.1, -0.05) is 64.5 Å². The van der Waals surface area contributed by atoms with E-state index in [9.17, 15) is 0 Å². The number of aryl methyl sites for hydroxylation is 1. The van der Waals surface area contributed by atoms with Crippen LogP contribution in [0.25, 0.3) is 5.57 Å². The van der Waals surface area contributed by atoms with Gasteiger partial charge in [-0.25, -0.2) is 0 Å². The van der Waals surface area contributed by atoms with Crippen LogP contribution in [-0.4, -0.2) is 36.7 Å². The number of nitrogens with one attached hydrogen (secondary N) is 1. The van der Waals surface area contributed by atoms with E-state index >= 15 is 0 Å². The average Bonchev–Trinajstić information content (AvgIpc) is 2.68. The van der Waals surface area contributed by atoms with E-state index in [1.165, 1.54) is 41.5 Å². The van der Waals surface area contributed by atoms with Crippen LogP contribution in [0.15, 0.2) is 29.8 Å². The summed E-state index contributed by atoms with van der Waals surface area (Å²) >= 11 is 0. The molecule has 32 heavy (non-hydrogen) atoms. The van der Waals surface area contributed by atoms with Gasteiger partial charge in [-0.05, 0) is 94.5 Å². The van der Waals surface area contributed by atoms with E-state index < -0.39 is 0 Å². The van der Waals surface area contributed by atoms with Gasteiger partial charge in [-0.15, -0.1) is 0 Å². The number of allylic oxidation sites excluding steroid dienone is 2. The molecule has 3 N–H and O–H groups in total. The third-order valence-electron chi connectivity index (χ3n) is 5.27. The van der Waals surface area contributed by atoms with E-state index in [2.05, 4.69) is 91.9 Å². The number of carboxylic acid groups (broad SMARTS) is 2. The fraction of sp³-hybridized carbons (Fsp3) is 0.630. The first-order chi connectivity index (χ1) is 14.8. The molecule has 0 heterocycles. The Labute approximate surface area is 197 Å². The van der Waals surface area contributed by atoms with Gasteiger partial charge in [0.05, 0.1) is 0 Å². The minimum Gasteiger partial charge on any atom is -0.483 e. The zero-order valence-electron chi connectivity index (χ0n) is 22.2. The molecule has 186 valence electrons. The zero-order valence-corrected chi connectivity index (χ0v) is 22.2. The van der Waals surface area contributed by atoms with Gasteiger partial charge in [0.1, 0.15) is 0 Å². The average molecular weight is 452 g/mol. The number of hydrogen-bond acceptors (Lipinski definition) is 3. The van der Waals surface area contributed by atoms with Crippen LogP contribution in [0.4, 0.5) is 0 Å². The molecule has 1 aromatic rings. The lowest BCUT2D eigenvalue weighted by Gasteiger charge is -2.25. The molecule has 1 atom stereocenters. The van der Waals surface area contributed by atoms with Gasteiger partial charge >= 0.3 is 0 Å². The highest BCUT2D eigenvalue weighted by Gasteiger charge is 2.17. The van der Waals surface area contributed by atoms with Crippen LogP contribution in [-0.2, 0) is 9.59 Å². The van der Waals surface area contributed by atoms with E-state index in [0.29, 0.717) is 5.41 Å². The molecular formula is C27H49NO4. The molecule has 0 saturated carbocycles. The lowest BCUT2D eigenvalue weighted by molar-refractivity contribution is -0.123. The quantitative estimate of drug-likeness (QED) is 0.392. The van der Waals surface area contributed by atoms with Crippen molar-refractivity contribution in [1.82, 2.24) is 5.32 Å². The van der Waals surface area contributed by atoms with Crippen molar-refractivity contribution in [1.29, 1.82) is 0 Å². The Kier molecular flexibility index (Phi) is 22.3. The van der Waals surface area contributed by atoms with Gasteiger partial charge < -0.3 is 15.5 Å². The fourth-order valence-corrected chi connectivity index (χ4v) is 3.02. The van der Waals surface area contributed by atoms with Crippen molar-refractivity contribution in [2.75, 3.05) is 13.6 Å². The minimum absolute atomic E-state index is 0.250. The summed E-state index contributed by atoms with van der Waals surface area (Å²) in [5.74, 6) is 1.72. The summed E-state index contributed by atoms with van der Waals surface area (Å²) in [4.78, 5) is 16.7.